The molecule has 0 aromatic carbocycles. The molecule has 0 aliphatic carbocycles. The van der Waals surface area contributed by atoms with Crippen molar-refractivity contribution >= 4 is 32.3 Å². The number of fused-ring (bicyclic) bond motifs is 2. The Labute approximate surface area is 184 Å². The van der Waals surface area contributed by atoms with E-state index in [0.717, 1.165) is 29.9 Å². The highest BCUT2D eigenvalue weighted by Gasteiger charge is 2.19. The number of aromatic nitrogens is 4. The molecule has 1 fully saturated rings. The molecule has 11 heteroatoms. The van der Waals surface area contributed by atoms with Crippen molar-refractivity contribution in [3.05, 3.63) is 36.7 Å². The lowest BCUT2D eigenvalue weighted by molar-refractivity contribution is 0.122. The number of nitrogens with zero attached hydrogens (tertiary/aromatic N) is 5. The summed E-state index contributed by atoms with van der Waals surface area (Å²) in [7, 11) is -3.02. The minimum absolute atomic E-state index is 0.0735. The third-order valence-corrected chi connectivity index (χ3v) is 6.27. The number of furan rings is 1. The molecular formula is C21H23N5O5S. The van der Waals surface area contributed by atoms with Crippen LogP contribution in [0.5, 0.6) is 5.88 Å². The van der Waals surface area contributed by atoms with Crippen LogP contribution < -0.4 is 9.64 Å². The van der Waals surface area contributed by atoms with Crippen LogP contribution >= 0.6 is 0 Å². The minimum Gasteiger partial charge on any atom is -0.477 e. The number of hydrogen-bond donors (Lipinski definition) is 0. The van der Waals surface area contributed by atoms with Gasteiger partial charge in [-0.15, -0.1) is 5.10 Å². The van der Waals surface area contributed by atoms with E-state index < -0.39 is 9.84 Å². The van der Waals surface area contributed by atoms with E-state index in [1.165, 1.54) is 6.26 Å². The number of ether oxygens (including phenoxy) is 2. The summed E-state index contributed by atoms with van der Waals surface area (Å²) < 4.78 is 41.4. The average Bonchev–Trinajstić information content (AvgIpc) is 3.40. The van der Waals surface area contributed by atoms with Gasteiger partial charge in [-0.25, -0.2) is 22.9 Å². The zero-order valence-electron chi connectivity index (χ0n) is 17.6. The molecule has 1 aliphatic rings. The van der Waals surface area contributed by atoms with Gasteiger partial charge in [0.15, 0.2) is 11.4 Å². The van der Waals surface area contributed by atoms with Crippen molar-refractivity contribution in [3.63, 3.8) is 0 Å². The van der Waals surface area contributed by atoms with Crippen LogP contribution in [0.3, 0.4) is 0 Å². The maximum Gasteiger partial charge on any atom is 0.231 e. The van der Waals surface area contributed by atoms with Crippen molar-refractivity contribution in [1.29, 1.82) is 0 Å². The first-order chi connectivity index (χ1) is 15.5. The second-order valence-corrected chi connectivity index (χ2v) is 9.93. The van der Waals surface area contributed by atoms with Gasteiger partial charge in [0, 0.05) is 31.6 Å². The maximum absolute atomic E-state index is 11.3. The molecule has 4 aromatic heterocycles. The molecule has 0 N–H and O–H groups in total. The van der Waals surface area contributed by atoms with Crippen LogP contribution in [-0.4, -0.2) is 72.9 Å². The molecule has 0 radical (unpaired) electrons. The third kappa shape index (κ3) is 4.26. The molecule has 5 rings (SSSR count). The largest absolute Gasteiger partial charge is 0.477 e. The molecule has 168 valence electrons. The second-order valence-electron chi connectivity index (χ2n) is 7.67. The minimum atomic E-state index is -3.02. The van der Waals surface area contributed by atoms with E-state index in [-0.39, 0.29) is 12.4 Å². The van der Waals surface area contributed by atoms with Gasteiger partial charge in [0.2, 0.25) is 5.88 Å². The molecule has 0 saturated carbocycles. The van der Waals surface area contributed by atoms with Crippen LogP contribution in [0.2, 0.25) is 0 Å². The summed E-state index contributed by atoms with van der Waals surface area (Å²) in [5, 5.41) is 5.43. The normalized spacial score (nSPS) is 15.0. The monoisotopic (exact) mass is 457 g/mol. The molecule has 0 amide bonds. The number of morpholine rings is 1. The van der Waals surface area contributed by atoms with Crippen LogP contribution in [-0.2, 0) is 14.6 Å². The van der Waals surface area contributed by atoms with E-state index in [0.29, 0.717) is 42.6 Å². The lowest BCUT2D eigenvalue weighted by Gasteiger charge is -2.28. The van der Waals surface area contributed by atoms with Gasteiger partial charge in [-0.2, -0.15) is 0 Å². The summed E-state index contributed by atoms with van der Waals surface area (Å²) in [6, 6.07) is 7.31. The molecule has 1 aliphatic heterocycles. The van der Waals surface area contributed by atoms with Crippen LogP contribution in [0.15, 0.2) is 41.1 Å². The Morgan fingerprint density at radius 1 is 1.16 bits per heavy atom. The Morgan fingerprint density at radius 2 is 2.00 bits per heavy atom. The molecular weight excluding hydrogens is 434 g/mol. The molecule has 0 spiro atoms. The topological polar surface area (TPSA) is 112 Å². The first-order valence-electron chi connectivity index (χ1n) is 10.3. The summed E-state index contributed by atoms with van der Waals surface area (Å²) in [6.07, 6.45) is 5.06. The first kappa shape index (κ1) is 20.7. The SMILES string of the molecule is CS(=O)(=O)CCCOc1ccc2ncc(-c3cc4c(N5CCOCC5)nccc4o3)n2n1. The van der Waals surface area contributed by atoms with Crippen molar-refractivity contribution in [2.45, 2.75) is 6.42 Å². The Balaban J connectivity index is 1.44. The first-order valence-corrected chi connectivity index (χ1v) is 12.4. The molecule has 5 heterocycles. The fourth-order valence-corrected chi connectivity index (χ4v) is 4.34. The highest BCUT2D eigenvalue weighted by molar-refractivity contribution is 7.90. The highest BCUT2D eigenvalue weighted by Crippen LogP contribution is 2.33. The van der Waals surface area contributed by atoms with E-state index in [1.54, 1.807) is 29.0 Å². The van der Waals surface area contributed by atoms with Gasteiger partial charge in [0.25, 0.3) is 0 Å². The lowest BCUT2D eigenvalue weighted by atomic mass is 10.2. The highest BCUT2D eigenvalue weighted by atomic mass is 32.2. The van der Waals surface area contributed by atoms with Gasteiger partial charge < -0.3 is 18.8 Å². The summed E-state index contributed by atoms with van der Waals surface area (Å²) in [4.78, 5) is 11.2. The van der Waals surface area contributed by atoms with Gasteiger partial charge in [0.1, 0.15) is 26.9 Å². The number of pyridine rings is 1. The van der Waals surface area contributed by atoms with Gasteiger partial charge >= 0.3 is 0 Å². The van der Waals surface area contributed by atoms with E-state index in [1.807, 2.05) is 12.1 Å². The van der Waals surface area contributed by atoms with Gasteiger partial charge in [0.05, 0.1) is 37.2 Å². The fourth-order valence-electron chi connectivity index (χ4n) is 3.70. The zero-order chi connectivity index (χ0) is 22.1. The lowest BCUT2D eigenvalue weighted by Crippen LogP contribution is -2.36. The maximum atomic E-state index is 11.3. The Bertz CT molecular complexity index is 1360. The summed E-state index contributed by atoms with van der Waals surface area (Å²) in [5.74, 6) is 1.95. The number of anilines is 1. The predicted octanol–water partition coefficient (Wildman–Crippen LogP) is 2.19. The molecule has 0 unspecified atom stereocenters. The zero-order valence-corrected chi connectivity index (χ0v) is 18.4. The third-order valence-electron chi connectivity index (χ3n) is 5.23. The standard InChI is InChI=1S/C21H23N5O5S/c1-32(27,28)12-2-9-30-20-4-3-19-23-14-16(26(19)24-20)18-13-15-17(31-18)5-6-22-21(15)25-7-10-29-11-8-25/h3-6,13-14H,2,7-12H2,1H3. The fraction of sp³-hybridized carbons (Fsp3) is 0.381. The van der Waals surface area contributed by atoms with Crippen molar-refractivity contribution in [2.24, 2.45) is 0 Å². The van der Waals surface area contributed by atoms with E-state index >= 15 is 0 Å². The van der Waals surface area contributed by atoms with Crippen molar-refractivity contribution in [1.82, 2.24) is 19.6 Å². The molecule has 4 aromatic rings. The van der Waals surface area contributed by atoms with E-state index in [9.17, 15) is 8.42 Å². The molecule has 0 bridgehead atoms. The Kier molecular flexibility index (Phi) is 5.43. The van der Waals surface area contributed by atoms with Crippen molar-refractivity contribution < 1.29 is 22.3 Å². The molecule has 32 heavy (non-hydrogen) atoms. The van der Waals surface area contributed by atoms with E-state index in [2.05, 4.69) is 20.0 Å². The second kappa shape index (κ2) is 8.40. The quantitative estimate of drug-likeness (QED) is 0.385. The number of hydrogen-bond acceptors (Lipinski definition) is 9. The summed E-state index contributed by atoms with van der Waals surface area (Å²) >= 11 is 0. The van der Waals surface area contributed by atoms with Crippen molar-refractivity contribution in [3.8, 4) is 17.3 Å². The van der Waals surface area contributed by atoms with Crippen LogP contribution in [0.1, 0.15) is 6.42 Å². The van der Waals surface area contributed by atoms with Crippen LogP contribution in [0.25, 0.3) is 28.1 Å². The smallest absolute Gasteiger partial charge is 0.231 e. The summed E-state index contributed by atoms with van der Waals surface area (Å²) in [5.41, 5.74) is 2.07. The van der Waals surface area contributed by atoms with Gasteiger partial charge in [-0.3, -0.25) is 0 Å². The predicted molar refractivity (Wildman–Crippen MR) is 119 cm³/mol. The summed E-state index contributed by atoms with van der Waals surface area (Å²) in [6.45, 7) is 3.17. The average molecular weight is 458 g/mol. The van der Waals surface area contributed by atoms with E-state index in [4.69, 9.17) is 13.9 Å². The Morgan fingerprint density at radius 3 is 2.81 bits per heavy atom. The van der Waals surface area contributed by atoms with Crippen LogP contribution in [0, 0.1) is 0 Å². The van der Waals surface area contributed by atoms with Gasteiger partial charge in [-0.1, -0.05) is 0 Å². The Hall–Kier alpha value is -3.18. The van der Waals surface area contributed by atoms with Crippen LogP contribution in [0.4, 0.5) is 5.82 Å². The van der Waals surface area contributed by atoms with Crippen molar-refractivity contribution in [2.75, 3.05) is 49.8 Å². The number of sulfone groups is 1. The number of imidazole rings is 1. The van der Waals surface area contributed by atoms with Gasteiger partial charge in [-0.05, 0) is 24.6 Å². The molecule has 10 nitrogen and oxygen atoms in total. The molecule has 0 atom stereocenters. The molecule has 1 saturated heterocycles. The number of rotatable bonds is 7.